The molecule has 0 saturated heterocycles. The number of hydrogen-bond donors (Lipinski definition) is 2. The standard InChI is InChI=1S/C20H25N3O2S/c1-15(16-9-5-4-6-10-16)21-19(24)13-23(2)14-20(25)22-17-11-7-8-12-18(17)26-3/h4-12,15H,13-14H2,1-3H3,(H,21,24)(H,22,25)/t15-/m0/s1. The second-order valence-corrected chi connectivity index (χ2v) is 6.97. The van der Waals surface area contributed by atoms with Gasteiger partial charge in [-0.05, 0) is 37.9 Å². The fourth-order valence-electron chi connectivity index (χ4n) is 2.60. The molecule has 2 amide bonds. The molecule has 26 heavy (non-hydrogen) atoms. The van der Waals surface area contributed by atoms with Crippen LogP contribution < -0.4 is 10.6 Å². The Hall–Kier alpha value is -2.31. The fraction of sp³-hybridized carbons (Fsp3) is 0.300. The zero-order chi connectivity index (χ0) is 18.9. The highest BCUT2D eigenvalue weighted by Crippen LogP contribution is 2.24. The Labute approximate surface area is 159 Å². The molecule has 0 aliphatic heterocycles. The summed E-state index contributed by atoms with van der Waals surface area (Å²) < 4.78 is 0. The van der Waals surface area contributed by atoms with Crippen LogP contribution in [0.1, 0.15) is 18.5 Å². The van der Waals surface area contributed by atoms with Gasteiger partial charge in [-0.15, -0.1) is 11.8 Å². The van der Waals surface area contributed by atoms with Gasteiger partial charge in [0.25, 0.3) is 0 Å². The SMILES string of the molecule is CSc1ccccc1NC(=O)CN(C)CC(=O)N[C@@H](C)c1ccccc1. The Morgan fingerprint density at radius 3 is 2.31 bits per heavy atom. The van der Waals surface area contributed by atoms with Crippen LogP contribution in [0.4, 0.5) is 5.69 Å². The number of anilines is 1. The van der Waals surface area contributed by atoms with Crippen molar-refractivity contribution in [3.63, 3.8) is 0 Å². The molecular weight excluding hydrogens is 346 g/mol. The van der Waals surface area contributed by atoms with Gasteiger partial charge in [-0.3, -0.25) is 14.5 Å². The molecule has 2 aromatic carbocycles. The minimum Gasteiger partial charge on any atom is -0.348 e. The first kappa shape index (κ1) is 20.0. The van der Waals surface area contributed by atoms with Gasteiger partial charge in [0.2, 0.25) is 11.8 Å². The molecule has 0 radical (unpaired) electrons. The maximum absolute atomic E-state index is 12.2. The van der Waals surface area contributed by atoms with Crippen molar-refractivity contribution in [2.24, 2.45) is 0 Å². The summed E-state index contributed by atoms with van der Waals surface area (Å²) in [5.41, 5.74) is 1.84. The van der Waals surface area contributed by atoms with E-state index >= 15 is 0 Å². The molecule has 5 nitrogen and oxygen atoms in total. The van der Waals surface area contributed by atoms with E-state index in [1.807, 2.05) is 67.8 Å². The van der Waals surface area contributed by atoms with E-state index in [9.17, 15) is 9.59 Å². The van der Waals surface area contributed by atoms with Crippen LogP contribution in [-0.2, 0) is 9.59 Å². The Morgan fingerprint density at radius 2 is 1.62 bits per heavy atom. The van der Waals surface area contributed by atoms with Crippen molar-refractivity contribution in [3.8, 4) is 0 Å². The zero-order valence-electron chi connectivity index (χ0n) is 15.4. The smallest absolute Gasteiger partial charge is 0.238 e. The maximum atomic E-state index is 12.2. The van der Waals surface area contributed by atoms with E-state index in [4.69, 9.17) is 0 Å². The van der Waals surface area contributed by atoms with Crippen LogP contribution in [0.3, 0.4) is 0 Å². The van der Waals surface area contributed by atoms with Crippen molar-refractivity contribution in [3.05, 3.63) is 60.2 Å². The molecule has 0 aliphatic rings. The van der Waals surface area contributed by atoms with Crippen LogP contribution in [0, 0.1) is 0 Å². The van der Waals surface area contributed by atoms with Crippen LogP contribution in [0.2, 0.25) is 0 Å². The molecule has 0 aromatic heterocycles. The first-order valence-electron chi connectivity index (χ1n) is 8.45. The van der Waals surface area contributed by atoms with Crippen molar-refractivity contribution in [1.29, 1.82) is 0 Å². The molecule has 0 unspecified atom stereocenters. The summed E-state index contributed by atoms with van der Waals surface area (Å²) in [6.45, 7) is 2.25. The zero-order valence-corrected chi connectivity index (χ0v) is 16.2. The highest BCUT2D eigenvalue weighted by Gasteiger charge is 2.14. The van der Waals surface area contributed by atoms with Gasteiger partial charge < -0.3 is 10.6 Å². The van der Waals surface area contributed by atoms with Crippen LogP contribution in [0.15, 0.2) is 59.5 Å². The molecule has 0 aliphatic carbocycles. The summed E-state index contributed by atoms with van der Waals surface area (Å²) in [5, 5.41) is 5.85. The molecule has 0 bridgehead atoms. The van der Waals surface area contributed by atoms with E-state index in [1.165, 1.54) is 0 Å². The lowest BCUT2D eigenvalue weighted by molar-refractivity contribution is -0.123. The second-order valence-electron chi connectivity index (χ2n) is 6.12. The molecule has 6 heteroatoms. The summed E-state index contributed by atoms with van der Waals surface area (Å²) in [4.78, 5) is 27.1. The lowest BCUT2D eigenvalue weighted by Gasteiger charge is -2.19. The van der Waals surface area contributed by atoms with Crippen LogP contribution in [0.25, 0.3) is 0 Å². The normalized spacial score (nSPS) is 11.8. The Morgan fingerprint density at radius 1 is 1.00 bits per heavy atom. The van der Waals surface area contributed by atoms with Gasteiger partial charge in [0.1, 0.15) is 0 Å². The van der Waals surface area contributed by atoms with Crippen LogP contribution in [0.5, 0.6) is 0 Å². The summed E-state index contributed by atoms with van der Waals surface area (Å²) in [5.74, 6) is -0.251. The third-order valence-corrected chi connectivity index (χ3v) is 4.68. The Balaban J connectivity index is 1.81. The lowest BCUT2D eigenvalue weighted by Crippen LogP contribution is -2.39. The van der Waals surface area contributed by atoms with E-state index in [2.05, 4.69) is 10.6 Å². The van der Waals surface area contributed by atoms with Crippen molar-refractivity contribution in [2.75, 3.05) is 31.7 Å². The van der Waals surface area contributed by atoms with Gasteiger partial charge in [0, 0.05) is 4.90 Å². The maximum Gasteiger partial charge on any atom is 0.238 e. The van der Waals surface area contributed by atoms with Crippen molar-refractivity contribution in [2.45, 2.75) is 17.9 Å². The number of nitrogens with one attached hydrogen (secondary N) is 2. The number of para-hydroxylation sites is 1. The number of nitrogens with zero attached hydrogens (tertiary/aromatic N) is 1. The van der Waals surface area contributed by atoms with E-state index < -0.39 is 0 Å². The summed E-state index contributed by atoms with van der Waals surface area (Å²) in [6, 6.07) is 17.4. The van der Waals surface area contributed by atoms with E-state index in [0.717, 1.165) is 16.1 Å². The number of hydrogen-bond acceptors (Lipinski definition) is 4. The molecule has 0 saturated carbocycles. The van der Waals surface area contributed by atoms with Gasteiger partial charge in [0.15, 0.2) is 0 Å². The average Bonchev–Trinajstić information content (AvgIpc) is 2.62. The second kappa shape index (κ2) is 9.99. The van der Waals surface area contributed by atoms with Crippen molar-refractivity contribution >= 4 is 29.3 Å². The van der Waals surface area contributed by atoms with Gasteiger partial charge in [-0.1, -0.05) is 42.5 Å². The number of amides is 2. The van der Waals surface area contributed by atoms with Crippen LogP contribution in [-0.4, -0.2) is 43.1 Å². The number of carbonyl (C=O) groups is 2. The molecule has 1 atom stereocenters. The first-order chi connectivity index (χ1) is 12.5. The molecule has 2 rings (SSSR count). The van der Waals surface area contributed by atoms with E-state index in [0.29, 0.717) is 0 Å². The third kappa shape index (κ3) is 6.20. The van der Waals surface area contributed by atoms with Crippen molar-refractivity contribution in [1.82, 2.24) is 10.2 Å². The molecule has 2 N–H and O–H groups in total. The molecule has 138 valence electrons. The van der Waals surface area contributed by atoms with E-state index in [1.54, 1.807) is 23.7 Å². The third-order valence-electron chi connectivity index (χ3n) is 3.89. The average molecular weight is 372 g/mol. The van der Waals surface area contributed by atoms with E-state index in [-0.39, 0.29) is 30.9 Å². The Kier molecular flexibility index (Phi) is 7.69. The number of carbonyl (C=O) groups excluding carboxylic acids is 2. The quantitative estimate of drug-likeness (QED) is 0.700. The fourth-order valence-corrected chi connectivity index (χ4v) is 3.15. The predicted octanol–water partition coefficient (Wildman–Crippen LogP) is 3.16. The van der Waals surface area contributed by atoms with Gasteiger partial charge >= 0.3 is 0 Å². The largest absolute Gasteiger partial charge is 0.348 e. The molecule has 2 aromatic rings. The van der Waals surface area contributed by atoms with Gasteiger partial charge in [-0.25, -0.2) is 0 Å². The molecule has 0 fully saturated rings. The predicted molar refractivity (Wildman–Crippen MR) is 107 cm³/mol. The number of likely N-dealkylation sites (N-methyl/N-ethyl adjacent to an activating group) is 1. The van der Waals surface area contributed by atoms with Gasteiger partial charge in [0.05, 0.1) is 24.8 Å². The summed E-state index contributed by atoms with van der Waals surface area (Å²) in [6.07, 6.45) is 1.97. The lowest BCUT2D eigenvalue weighted by atomic mass is 10.1. The van der Waals surface area contributed by atoms with Gasteiger partial charge in [-0.2, -0.15) is 0 Å². The minimum absolute atomic E-state index is 0.0700. The molecule has 0 spiro atoms. The van der Waals surface area contributed by atoms with Crippen molar-refractivity contribution < 1.29 is 9.59 Å². The first-order valence-corrected chi connectivity index (χ1v) is 9.67. The summed E-state index contributed by atoms with van der Waals surface area (Å²) >= 11 is 1.58. The number of benzene rings is 2. The monoisotopic (exact) mass is 371 g/mol. The highest BCUT2D eigenvalue weighted by atomic mass is 32.2. The topological polar surface area (TPSA) is 61.4 Å². The molecule has 0 heterocycles. The van der Waals surface area contributed by atoms with Crippen LogP contribution >= 0.6 is 11.8 Å². The summed E-state index contributed by atoms with van der Waals surface area (Å²) in [7, 11) is 1.76. The number of thioether (sulfide) groups is 1. The minimum atomic E-state index is -0.141. The highest BCUT2D eigenvalue weighted by molar-refractivity contribution is 7.98. The molecular formula is C20H25N3O2S. The number of rotatable bonds is 8. The Bertz CT molecular complexity index is 737.